The van der Waals surface area contributed by atoms with Crippen molar-refractivity contribution in [3.05, 3.63) is 98.7 Å². The van der Waals surface area contributed by atoms with Crippen LogP contribution in [-0.2, 0) is 18.0 Å². The van der Waals surface area contributed by atoms with Crippen LogP contribution in [0, 0.1) is 17.5 Å². The van der Waals surface area contributed by atoms with Crippen LogP contribution in [0.4, 0.5) is 13.2 Å². The number of aromatic nitrogens is 1. The van der Waals surface area contributed by atoms with E-state index in [1.807, 2.05) is 25.1 Å². The maximum absolute atomic E-state index is 14.4. The van der Waals surface area contributed by atoms with Crippen LogP contribution in [0.3, 0.4) is 0 Å². The average Bonchev–Trinajstić information content (AvgIpc) is 3.72. The molecule has 3 atom stereocenters. The molecule has 1 aromatic heterocycles. The summed E-state index contributed by atoms with van der Waals surface area (Å²) in [4.78, 5) is 52.0. The van der Waals surface area contributed by atoms with Crippen LogP contribution in [0.2, 0.25) is 0 Å². The highest BCUT2D eigenvalue weighted by Crippen LogP contribution is 2.47. The van der Waals surface area contributed by atoms with Crippen LogP contribution in [0.25, 0.3) is 0 Å². The third-order valence-electron chi connectivity index (χ3n) is 9.75. The van der Waals surface area contributed by atoms with Crippen molar-refractivity contribution in [2.45, 2.75) is 69.9 Å². The van der Waals surface area contributed by atoms with E-state index in [-0.39, 0.29) is 36.2 Å². The normalized spacial score (nSPS) is 23.3. The molecular weight excluding hydrogens is 615 g/mol. The molecule has 13 heteroatoms. The number of benzene rings is 2. The Morgan fingerprint density at radius 2 is 1.83 bits per heavy atom. The molecular formula is C34H34F3N5O5. The van der Waals surface area contributed by atoms with Crippen molar-refractivity contribution in [1.29, 1.82) is 0 Å². The summed E-state index contributed by atoms with van der Waals surface area (Å²) in [6.45, 7) is 3.26. The molecule has 10 nitrogen and oxygen atoms in total. The molecule has 2 aromatic carbocycles. The first kappa shape index (κ1) is 30.8. The van der Waals surface area contributed by atoms with Gasteiger partial charge in [0.25, 0.3) is 11.8 Å². The fourth-order valence-corrected chi connectivity index (χ4v) is 7.10. The third-order valence-corrected chi connectivity index (χ3v) is 9.75. The molecule has 2 fully saturated rings. The van der Waals surface area contributed by atoms with Gasteiger partial charge < -0.3 is 29.3 Å². The molecule has 4 aliphatic heterocycles. The van der Waals surface area contributed by atoms with Gasteiger partial charge in [0.05, 0.1) is 12.5 Å². The van der Waals surface area contributed by atoms with Gasteiger partial charge in [0.2, 0.25) is 5.43 Å². The molecule has 2 bridgehead atoms. The molecule has 2 amide bonds. The highest BCUT2D eigenvalue weighted by atomic mass is 19.1. The zero-order valence-corrected chi connectivity index (χ0v) is 25.8. The minimum absolute atomic E-state index is 0.000650. The van der Waals surface area contributed by atoms with Crippen molar-refractivity contribution in [3.8, 4) is 5.75 Å². The Labute approximate surface area is 268 Å². The standard InChI is InChI=1S/C34H34F3N5O5/c1-20-9-10-34(15-28(39-47-34)40-11-5-6-12-40)27-18-41(20)33(45)29-31(46-19-21-7-3-2-4-8-21)30(43)24(17-42(27)29)32(44)38-16-23-25(36)13-22(35)14-26(23)37/h2-4,7-8,13-14,17,20,27H,5-6,9-12,15-16,18-19H2,1H3,(H,38,44)/t20-,27+,34-/m0/s1. The summed E-state index contributed by atoms with van der Waals surface area (Å²) in [6, 6.07) is 9.38. The number of likely N-dealkylation sites (tertiary alicyclic amines) is 1. The maximum atomic E-state index is 14.4. The van der Waals surface area contributed by atoms with Crippen molar-refractivity contribution < 1.29 is 32.3 Å². The van der Waals surface area contributed by atoms with Gasteiger partial charge in [-0.3, -0.25) is 14.4 Å². The van der Waals surface area contributed by atoms with E-state index in [1.54, 1.807) is 21.6 Å². The van der Waals surface area contributed by atoms with Crippen LogP contribution in [0.1, 0.15) is 77.0 Å². The lowest BCUT2D eigenvalue weighted by Gasteiger charge is -2.42. The van der Waals surface area contributed by atoms with Gasteiger partial charge in [-0.1, -0.05) is 35.5 Å². The predicted octanol–water partition coefficient (Wildman–Crippen LogP) is 4.52. The molecule has 0 unspecified atom stereocenters. The topological polar surface area (TPSA) is 105 Å². The molecule has 2 saturated heterocycles. The van der Waals surface area contributed by atoms with Crippen molar-refractivity contribution in [2.24, 2.45) is 5.16 Å². The zero-order chi connectivity index (χ0) is 32.9. The van der Waals surface area contributed by atoms with Crippen molar-refractivity contribution in [1.82, 2.24) is 19.7 Å². The number of nitrogens with one attached hydrogen (secondary N) is 1. The van der Waals surface area contributed by atoms with Gasteiger partial charge in [-0.25, -0.2) is 13.2 Å². The Balaban J connectivity index is 1.31. The first-order valence-corrected chi connectivity index (χ1v) is 15.8. The Hall–Kier alpha value is -4.81. The summed E-state index contributed by atoms with van der Waals surface area (Å²) < 4.78 is 49.9. The largest absolute Gasteiger partial charge is 0.483 e. The number of halogens is 3. The summed E-state index contributed by atoms with van der Waals surface area (Å²) in [5, 5.41) is 6.91. The molecule has 3 aromatic rings. The number of fused-ring (bicyclic) bond motifs is 5. The minimum Gasteiger partial charge on any atom is -0.483 e. The van der Waals surface area contributed by atoms with Gasteiger partial charge in [0, 0.05) is 56.1 Å². The minimum atomic E-state index is -1.18. The smallest absolute Gasteiger partial charge is 0.274 e. The number of amides is 2. The molecule has 7 rings (SSSR count). The molecule has 5 heterocycles. The van der Waals surface area contributed by atoms with E-state index in [4.69, 9.17) is 9.57 Å². The molecule has 4 aliphatic rings. The second-order valence-corrected chi connectivity index (χ2v) is 12.7. The first-order valence-electron chi connectivity index (χ1n) is 15.8. The molecule has 47 heavy (non-hydrogen) atoms. The summed E-state index contributed by atoms with van der Waals surface area (Å²) in [5.41, 5.74) is -1.92. The molecule has 1 N–H and O–H groups in total. The number of nitrogens with zero attached hydrogens (tertiary/aromatic N) is 4. The van der Waals surface area contributed by atoms with Crippen molar-refractivity contribution in [3.63, 3.8) is 0 Å². The maximum Gasteiger partial charge on any atom is 0.274 e. The van der Waals surface area contributed by atoms with E-state index in [9.17, 15) is 27.6 Å². The highest BCUT2D eigenvalue weighted by Gasteiger charge is 2.55. The van der Waals surface area contributed by atoms with Crippen LogP contribution in [-0.4, -0.2) is 63.3 Å². The van der Waals surface area contributed by atoms with Crippen LogP contribution in [0.5, 0.6) is 5.75 Å². The summed E-state index contributed by atoms with van der Waals surface area (Å²) >= 11 is 0. The monoisotopic (exact) mass is 649 g/mol. The molecule has 0 radical (unpaired) electrons. The van der Waals surface area contributed by atoms with Gasteiger partial charge in [0.15, 0.2) is 17.0 Å². The van der Waals surface area contributed by atoms with Crippen LogP contribution < -0.4 is 15.5 Å². The van der Waals surface area contributed by atoms with Gasteiger partial charge in [-0.05, 0) is 38.2 Å². The van der Waals surface area contributed by atoms with Crippen LogP contribution in [0.15, 0.2) is 58.6 Å². The lowest BCUT2D eigenvalue weighted by Crippen LogP contribution is -2.53. The number of ether oxygens (including phenoxy) is 1. The van der Waals surface area contributed by atoms with Gasteiger partial charge in [-0.2, -0.15) is 0 Å². The molecule has 0 saturated carbocycles. The third kappa shape index (κ3) is 5.51. The molecule has 0 aliphatic carbocycles. The SMILES string of the molecule is C[C@H]1CC[C@]2(CC(N3CCCC3)=NO2)[C@H]2CN1C(=O)c1c(OCc3ccccc3)c(=O)c(C(=O)NCc3c(F)cc(F)cc3F)cn12. The van der Waals surface area contributed by atoms with E-state index in [0.29, 0.717) is 31.4 Å². The number of carbonyl (C=O) groups excluding carboxylic acids is 2. The van der Waals surface area contributed by atoms with Crippen LogP contribution >= 0.6 is 0 Å². The second-order valence-electron chi connectivity index (χ2n) is 12.7. The van der Waals surface area contributed by atoms with Crippen molar-refractivity contribution in [2.75, 3.05) is 19.6 Å². The van der Waals surface area contributed by atoms with E-state index in [0.717, 1.165) is 37.3 Å². The Kier molecular flexibility index (Phi) is 7.93. The van der Waals surface area contributed by atoms with E-state index >= 15 is 0 Å². The van der Waals surface area contributed by atoms with Gasteiger partial charge >= 0.3 is 0 Å². The van der Waals surface area contributed by atoms with E-state index in [2.05, 4.69) is 15.4 Å². The average molecular weight is 650 g/mol. The lowest BCUT2D eigenvalue weighted by atomic mass is 9.85. The second kappa shape index (κ2) is 12.1. The number of pyridine rings is 1. The number of oxime groups is 1. The lowest BCUT2D eigenvalue weighted by molar-refractivity contribution is -0.0656. The number of rotatable bonds is 6. The van der Waals surface area contributed by atoms with Gasteiger partial charge in [-0.15, -0.1) is 0 Å². The summed E-state index contributed by atoms with van der Waals surface area (Å²) in [6.07, 6.45) is 5.12. The summed E-state index contributed by atoms with van der Waals surface area (Å²) in [7, 11) is 0. The molecule has 246 valence electrons. The van der Waals surface area contributed by atoms with Crippen molar-refractivity contribution >= 4 is 17.6 Å². The number of hydrogen-bond acceptors (Lipinski definition) is 7. The number of hydrogen-bond donors (Lipinski definition) is 1. The van der Waals surface area contributed by atoms with E-state index < -0.39 is 58.4 Å². The fourth-order valence-electron chi connectivity index (χ4n) is 7.10. The van der Waals surface area contributed by atoms with E-state index in [1.165, 1.54) is 6.20 Å². The first-order chi connectivity index (χ1) is 22.6. The quantitative estimate of drug-likeness (QED) is 0.421. The number of amidine groups is 1. The molecule has 1 spiro atoms. The Morgan fingerprint density at radius 1 is 1.11 bits per heavy atom. The number of carbonyl (C=O) groups is 2. The highest BCUT2D eigenvalue weighted by molar-refractivity contribution is 5.99. The Bertz CT molecular complexity index is 1800. The Morgan fingerprint density at radius 3 is 2.55 bits per heavy atom. The zero-order valence-electron chi connectivity index (χ0n) is 25.8. The summed E-state index contributed by atoms with van der Waals surface area (Å²) in [5.74, 6) is -4.27. The van der Waals surface area contributed by atoms with Gasteiger partial charge in [0.1, 0.15) is 35.5 Å². The fraction of sp³-hybridized carbons (Fsp3) is 0.412. The predicted molar refractivity (Wildman–Crippen MR) is 164 cm³/mol.